The lowest BCUT2D eigenvalue weighted by Gasteiger charge is -2.23. The third-order valence-electron chi connectivity index (χ3n) is 3.32. The van der Waals surface area contributed by atoms with Crippen molar-refractivity contribution in [2.24, 2.45) is 0 Å². The van der Waals surface area contributed by atoms with Crippen LogP contribution in [0.4, 0.5) is 5.82 Å². The topological polar surface area (TPSA) is 73.3 Å². The quantitative estimate of drug-likeness (QED) is 0.830. The minimum Gasteiger partial charge on any atom is -0.461 e. The molecule has 1 N–H and O–H groups in total. The molecule has 1 aromatic rings. The third kappa shape index (κ3) is 3.66. The Morgan fingerprint density at radius 3 is 3.05 bits per heavy atom. The molecule has 2 rings (SSSR count). The van der Waals surface area contributed by atoms with Crippen molar-refractivity contribution in [1.82, 2.24) is 9.97 Å². The molecule has 1 fully saturated rings. The molecule has 0 amide bonds. The lowest BCUT2D eigenvalue weighted by atomic mass is 10.1. The number of hydrogen-bond acceptors (Lipinski definition) is 6. The number of carbonyl (C=O) groups excluding carboxylic acids is 1. The Morgan fingerprint density at radius 2 is 2.35 bits per heavy atom. The van der Waals surface area contributed by atoms with Crippen LogP contribution < -0.4 is 5.32 Å². The number of nitrogens with zero attached hydrogens (tertiary/aromatic N) is 2. The van der Waals surface area contributed by atoms with Crippen LogP contribution in [0.1, 0.15) is 42.2 Å². The van der Waals surface area contributed by atoms with Gasteiger partial charge in [-0.25, -0.2) is 14.8 Å². The average Bonchev–Trinajstić information content (AvgIpc) is 2.47. The number of esters is 1. The molecule has 1 saturated heterocycles. The number of carbonyl (C=O) groups is 1. The summed E-state index contributed by atoms with van der Waals surface area (Å²) in [5, 5.41) is 3.24. The Morgan fingerprint density at radius 1 is 1.50 bits per heavy atom. The van der Waals surface area contributed by atoms with Crippen LogP contribution >= 0.6 is 0 Å². The minimum absolute atomic E-state index is 0.212. The zero-order valence-electron chi connectivity index (χ0n) is 12.0. The van der Waals surface area contributed by atoms with Crippen molar-refractivity contribution in [3.63, 3.8) is 0 Å². The predicted molar refractivity (Wildman–Crippen MR) is 74.8 cm³/mol. The van der Waals surface area contributed by atoms with Gasteiger partial charge in [0.25, 0.3) is 0 Å². The van der Waals surface area contributed by atoms with E-state index in [1.807, 2.05) is 6.92 Å². The first-order valence-electron chi connectivity index (χ1n) is 7.06. The molecule has 1 aliphatic heterocycles. The molecule has 0 saturated carbocycles. The van der Waals surface area contributed by atoms with E-state index < -0.39 is 5.97 Å². The summed E-state index contributed by atoms with van der Waals surface area (Å²) < 4.78 is 10.6. The summed E-state index contributed by atoms with van der Waals surface area (Å²) in [6.45, 7) is 5.44. The van der Waals surface area contributed by atoms with E-state index >= 15 is 0 Å². The van der Waals surface area contributed by atoms with E-state index in [1.54, 1.807) is 6.92 Å². The van der Waals surface area contributed by atoms with Gasteiger partial charge in [-0.3, -0.25) is 0 Å². The standard InChI is InChI=1S/C14H21N3O3/c1-3-19-14(18)12-10(2)13(17-9-16-12)15-8-11-6-4-5-7-20-11/h9,11H,3-8H2,1-2H3,(H,15,16,17)/t11-/m1/s1. The molecule has 1 atom stereocenters. The molecule has 2 heterocycles. The smallest absolute Gasteiger partial charge is 0.357 e. The van der Waals surface area contributed by atoms with Gasteiger partial charge in [-0.15, -0.1) is 0 Å². The molecule has 0 bridgehead atoms. The minimum atomic E-state index is -0.413. The highest BCUT2D eigenvalue weighted by Gasteiger charge is 2.17. The van der Waals surface area contributed by atoms with Gasteiger partial charge in [0, 0.05) is 18.7 Å². The monoisotopic (exact) mass is 279 g/mol. The highest BCUT2D eigenvalue weighted by atomic mass is 16.5. The van der Waals surface area contributed by atoms with Gasteiger partial charge in [0.1, 0.15) is 12.1 Å². The maximum absolute atomic E-state index is 11.8. The van der Waals surface area contributed by atoms with Crippen LogP contribution in [0, 0.1) is 6.92 Å². The fourth-order valence-electron chi connectivity index (χ4n) is 2.21. The molecule has 1 aromatic heterocycles. The second-order valence-corrected chi connectivity index (χ2v) is 4.79. The highest BCUT2D eigenvalue weighted by molar-refractivity contribution is 5.90. The summed E-state index contributed by atoms with van der Waals surface area (Å²) in [4.78, 5) is 19.9. The molecular formula is C14H21N3O3. The van der Waals surface area contributed by atoms with Crippen LogP contribution in [-0.4, -0.2) is 41.8 Å². The molecule has 1 aliphatic rings. The summed E-state index contributed by atoms with van der Waals surface area (Å²) >= 11 is 0. The van der Waals surface area contributed by atoms with Crippen molar-refractivity contribution in [2.45, 2.75) is 39.2 Å². The van der Waals surface area contributed by atoms with Gasteiger partial charge in [0.05, 0.1) is 12.7 Å². The number of ether oxygens (including phenoxy) is 2. The van der Waals surface area contributed by atoms with Crippen molar-refractivity contribution in [2.75, 3.05) is 25.1 Å². The number of hydrogen-bond donors (Lipinski definition) is 1. The average molecular weight is 279 g/mol. The molecule has 0 aliphatic carbocycles. The molecular weight excluding hydrogens is 258 g/mol. The Balaban J connectivity index is 2.00. The molecule has 110 valence electrons. The van der Waals surface area contributed by atoms with E-state index in [4.69, 9.17) is 9.47 Å². The van der Waals surface area contributed by atoms with Crippen LogP contribution in [0.15, 0.2) is 6.33 Å². The molecule has 0 unspecified atom stereocenters. The van der Waals surface area contributed by atoms with E-state index in [1.165, 1.54) is 12.7 Å². The summed E-state index contributed by atoms with van der Waals surface area (Å²) in [6, 6.07) is 0. The van der Waals surface area contributed by atoms with Gasteiger partial charge in [0.2, 0.25) is 0 Å². The summed E-state index contributed by atoms with van der Waals surface area (Å²) in [7, 11) is 0. The van der Waals surface area contributed by atoms with E-state index in [0.29, 0.717) is 30.2 Å². The van der Waals surface area contributed by atoms with Gasteiger partial charge in [-0.05, 0) is 33.1 Å². The van der Waals surface area contributed by atoms with Crippen LogP contribution in [0.2, 0.25) is 0 Å². The SMILES string of the molecule is CCOC(=O)c1ncnc(NC[C@H]2CCCCO2)c1C. The second-order valence-electron chi connectivity index (χ2n) is 4.79. The van der Waals surface area contributed by atoms with Crippen LogP contribution in [-0.2, 0) is 9.47 Å². The van der Waals surface area contributed by atoms with E-state index in [-0.39, 0.29) is 6.10 Å². The van der Waals surface area contributed by atoms with E-state index in [9.17, 15) is 4.79 Å². The van der Waals surface area contributed by atoms with E-state index in [0.717, 1.165) is 19.4 Å². The summed E-state index contributed by atoms with van der Waals surface area (Å²) in [5.74, 6) is 0.251. The Hall–Kier alpha value is -1.69. The molecule has 6 heteroatoms. The van der Waals surface area contributed by atoms with Crippen molar-refractivity contribution in [1.29, 1.82) is 0 Å². The van der Waals surface area contributed by atoms with Crippen molar-refractivity contribution in [3.8, 4) is 0 Å². The first kappa shape index (κ1) is 14.7. The summed E-state index contributed by atoms with van der Waals surface area (Å²) in [6.07, 6.45) is 4.98. The second kappa shape index (κ2) is 7.19. The van der Waals surface area contributed by atoms with Crippen molar-refractivity contribution in [3.05, 3.63) is 17.6 Å². The maximum atomic E-state index is 11.8. The highest BCUT2D eigenvalue weighted by Crippen LogP contribution is 2.17. The molecule has 20 heavy (non-hydrogen) atoms. The molecule has 0 spiro atoms. The lowest BCUT2D eigenvalue weighted by Crippen LogP contribution is -2.27. The number of nitrogens with one attached hydrogen (secondary N) is 1. The van der Waals surface area contributed by atoms with Crippen molar-refractivity contribution >= 4 is 11.8 Å². The van der Waals surface area contributed by atoms with E-state index in [2.05, 4.69) is 15.3 Å². The first-order valence-corrected chi connectivity index (χ1v) is 7.06. The lowest BCUT2D eigenvalue weighted by molar-refractivity contribution is 0.0247. The number of aromatic nitrogens is 2. The van der Waals surface area contributed by atoms with Crippen LogP contribution in [0.25, 0.3) is 0 Å². The van der Waals surface area contributed by atoms with Gasteiger partial charge in [0.15, 0.2) is 5.69 Å². The predicted octanol–water partition coefficient (Wildman–Crippen LogP) is 1.94. The van der Waals surface area contributed by atoms with Crippen LogP contribution in [0.3, 0.4) is 0 Å². The molecule has 0 aromatic carbocycles. The largest absolute Gasteiger partial charge is 0.461 e. The van der Waals surface area contributed by atoms with Gasteiger partial charge in [-0.2, -0.15) is 0 Å². The zero-order valence-corrected chi connectivity index (χ0v) is 12.0. The fourth-order valence-corrected chi connectivity index (χ4v) is 2.21. The Bertz CT molecular complexity index is 459. The van der Waals surface area contributed by atoms with Gasteiger partial charge in [-0.1, -0.05) is 0 Å². The zero-order chi connectivity index (χ0) is 14.4. The Kier molecular flexibility index (Phi) is 5.29. The number of rotatable bonds is 5. The van der Waals surface area contributed by atoms with Crippen molar-refractivity contribution < 1.29 is 14.3 Å². The number of anilines is 1. The molecule has 0 radical (unpaired) electrons. The van der Waals surface area contributed by atoms with Crippen LogP contribution in [0.5, 0.6) is 0 Å². The molecule has 6 nitrogen and oxygen atoms in total. The first-order chi connectivity index (χ1) is 9.72. The van der Waals surface area contributed by atoms with Gasteiger partial charge < -0.3 is 14.8 Å². The maximum Gasteiger partial charge on any atom is 0.357 e. The summed E-state index contributed by atoms with van der Waals surface area (Å²) in [5.41, 5.74) is 1.02. The fraction of sp³-hybridized carbons (Fsp3) is 0.643. The third-order valence-corrected chi connectivity index (χ3v) is 3.32. The normalized spacial score (nSPS) is 18.6. The Labute approximate surface area is 118 Å². The van der Waals surface area contributed by atoms with Gasteiger partial charge >= 0.3 is 5.97 Å².